The molecule has 0 fully saturated rings. The third kappa shape index (κ3) is 24.3. The van der Waals surface area contributed by atoms with E-state index in [1.54, 1.807) is 0 Å². The molecule has 52 heavy (non-hydrogen) atoms. The van der Waals surface area contributed by atoms with Crippen molar-refractivity contribution < 1.29 is 48.5 Å². The molecule has 0 radical (unpaired) electrons. The maximum Gasteiger partial charge on any atom is 0.318 e. The Morgan fingerprint density at radius 3 is 1.15 bits per heavy atom. The van der Waals surface area contributed by atoms with Gasteiger partial charge in [-0.25, -0.2) is 0 Å². The molecule has 0 rings (SSSR count). The van der Waals surface area contributed by atoms with Gasteiger partial charge in [-0.2, -0.15) is 0 Å². The van der Waals surface area contributed by atoms with E-state index in [0.29, 0.717) is 19.6 Å². The highest BCUT2D eigenvalue weighted by atomic mass is 28.5. The van der Waals surface area contributed by atoms with Gasteiger partial charge in [-0.1, -0.05) is 6.92 Å². The molecule has 0 aromatic rings. The third-order valence-electron chi connectivity index (χ3n) is 7.53. The predicted molar refractivity (Wildman–Crippen MR) is 238 cm³/mol. The lowest BCUT2D eigenvalue weighted by molar-refractivity contribution is -0.0773. The Hall–Kier alpha value is 1.51. The van der Waals surface area contributed by atoms with Gasteiger partial charge in [-0.05, 0) is 150 Å². The monoisotopic (exact) mass is 896 g/mol. The van der Waals surface area contributed by atoms with Crippen LogP contribution in [-0.4, -0.2) is 126 Å². The Labute approximate surface area is 330 Å². The van der Waals surface area contributed by atoms with E-state index in [0.717, 1.165) is 12.5 Å². The number of rotatable bonds is 28. The van der Waals surface area contributed by atoms with E-state index < -0.39 is 81.5 Å². The van der Waals surface area contributed by atoms with Crippen LogP contribution in [0.2, 0.25) is 143 Å². The zero-order chi connectivity index (χ0) is 41.3. The van der Waals surface area contributed by atoms with Crippen molar-refractivity contribution in [3.63, 3.8) is 0 Å². The van der Waals surface area contributed by atoms with Gasteiger partial charge in [0.25, 0.3) is 0 Å². The lowest BCUT2D eigenvalue weighted by atomic mass is 9.92. The number of aliphatic hydroxyl groups excluding tert-OH is 2. The van der Waals surface area contributed by atoms with E-state index in [1.165, 1.54) is 0 Å². The van der Waals surface area contributed by atoms with Crippen LogP contribution < -0.4 is 0 Å². The highest BCUT2D eigenvalue weighted by Gasteiger charge is 2.49. The topological polar surface area (TPSA) is 124 Å². The molecule has 0 aliphatic carbocycles. The summed E-state index contributed by atoms with van der Waals surface area (Å²) in [7, 11) is -20.1. The molecule has 2 atom stereocenters. The fraction of sp³-hybridized carbons (Fsp3) is 1.00. The van der Waals surface area contributed by atoms with Crippen LogP contribution >= 0.6 is 0 Å². The lowest BCUT2D eigenvalue weighted by Gasteiger charge is -2.44. The van der Waals surface area contributed by atoms with Crippen LogP contribution in [0.4, 0.5) is 0 Å². The molecule has 0 saturated carbocycles. The molecule has 0 saturated heterocycles. The molecule has 0 heterocycles. The zero-order valence-corrected chi connectivity index (χ0v) is 46.5. The van der Waals surface area contributed by atoms with Gasteiger partial charge >= 0.3 is 42.8 Å². The quantitative estimate of drug-likeness (QED) is 0.0579. The van der Waals surface area contributed by atoms with E-state index in [2.05, 4.69) is 138 Å². The molecule has 0 aromatic heterocycles. The number of hydrogen-bond donors (Lipinski definition) is 2. The Morgan fingerprint density at radius 1 is 0.462 bits per heavy atom. The van der Waals surface area contributed by atoms with Crippen LogP contribution in [0.15, 0.2) is 0 Å². The van der Waals surface area contributed by atoms with Crippen molar-refractivity contribution in [2.24, 2.45) is 5.41 Å². The number of hydrogen-bond acceptors (Lipinski definition) is 11. The fourth-order valence-corrected chi connectivity index (χ4v) is 48.0. The van der Waals surface area contributed by atoms with Crippen molar-refractivity contribution in [3.05, 3.63) is 0 Å². The van der Waals surface area contributed by atoms with Crippen LogP contribution in [-0.2, 0) is 38.3 Å². The number of ether oxygens (including phenoxy) is 2. The molecule has 2 N–H and O–H groups in total. The summed E-state index contributed by atoms with van der Waals surface area (Å²) in [5, 5.41) is 20.8. The SMILES string of the molecule is CC(CCOCC(CO)(CO)COCCC[Si](C)(O[Si](C)(C)O[Si](C)(C)C)O[Si](C)(C)O[Si](C)(C)C)[Si](C)(O[Si](C)(C)C)O[Si](C)(C)O[Si](C)(C)C. The first-order valence-corrected chi connectivity index (χ1v) is 46.2. The van der Waals surface area contributed by atoms with Crippen molar-refractivity contribution in [3.8, 4) is 0 Å². The summed E-state index contributed by atoms with van der Waals surface area (Å²) in [6.07, 6.45) is 1.45. The molecule has 20 heteroatoms. The van der Waals surface area contributed by atoms with Crippen LogP contribution in [0.25, 0.3) is 0 Å². The maximum absolute atomic E-state index is 10.4. The van der Waals surface area contributed by atoms with Crippen LogP contribution in [0.3, 0.4) is 0 Å². The van der Waals surface area contributed by atoms with Crippen molar-refractivity contribution in [2.45, 2.75) is 162 Å². The molecule has 2 unspecified atom stereocenters. The Bertz CT molecular complexity index is 1010. The molecular weight excluding hydrogens is 813 g/mol. The molecule has 0 aromatic carbocycles. The Morgan fingerprint density at radius 2 is 0.808 bits per heavy atom. The molecule has 314 valence electrons. The van der Waals surface area contributed by atoms with E-state index in [4.69, 9.17) is 38.3 Å². The zero-order valence-electron chi connectivity index (χ0n) is 37.5. The van der Waals surface area contributed by atoms with Gasteiger partial charge in [0, 0.05) is 18.8 Å². The molecule has 0 amide bonds. The molecule has 0 aliphatic rings. The maximum atomic E-state index is 10.4. The average molecular weight is 898 g/mol. The van der Waals surface area contributed by atoms with Crippen molar-refractivity contribution in [2.75, 3.05) is 39.6 Å². The molecule has 0 aliphatic heterocycles. The molecule has 0 bridgehead atoms. The van der Waals surface area contributed by atoms with Gasteiger partial charge in [0.05, 0.1) is 31.8 Å². The molecule has 11 nitrogen and oxygen atoms in total. The molecular formula is C32H84O11Si9. The van der Waals surface area contributed by atoms with E-state index in [1.807, 2.05) is 0 Å². The highest BCUT2D eigenvalue weighted by molar-refractivity contribution is 6.91. The Balaban J connectivity index is 5.51. The highest BCUT2D eigenvalue weighted by Crippen LogP contribution is 2.35. The van der Waals surface area contributed by atoms with Crippen LogP contribution in [0.5, 0.6) is 0 Å². The summed E-state index contributed by atoms with van der Waals surface area (Å²) >= 11 is 0. The van der Waals surface area contributed by atoms with Crippen molar-refractivity contribution in [1.29, 1.82) is 0 Å². The smallest absolute Gasteiger partial charge is 0.318 e. The van der Waals surface area contributed by atoms with Gasteiger partial charge in [-0.15, -0.1) is 0 Å². The lowest BCUT2D eigenvalue weighted by Crippen LogP contribution is -2.59. The van der Waals surface area contributed by atoms with Gasteiger partial charge in [-0.3, -0.25) is 0 Å². The minimum absolute atomic E-state index is 0.154. The summed E-state index contributed by atoms with van der Waals surface area (Å²) in [6, 6.07) is 0.719. The predicted octanol–water partition coefficient (Wildman–Crippen LogP) is 8.87. The summed E-state index contributed by atoms with van der Waals surface area (Å²) in [5.74, 6) is 0. The molecule has 0 spiro atoms. The second-order valence-corrected chi connectivity index (χ2v) is 57.0. The van der Waals surface area contributed by atoms with Crippen LogP contribution in [0, 0.1) is 5.41 Å². The second-order valence-electron chi connectivity index (χ2n) is 20.2. The fourth-order valence-electron chi connectivity index (χ4n) is 6.62. The van der Waals surface area contributed by atoms with Gasteiger partial charge < -0.3 is 48.5 Å². The van der Waals surface area contributed by atoms with Crippen molar-refractivity contribution in [1.82, 2.24) is 0 Å². The first-order valence-electron chi connectivity index (χ1n) is 19.2. The number of aliphatic hydroxyl groups is 2. The standard InChI is InChI=1S/C32H84O11Si9/c1-31(52(21,40-47(11,12)13)43-50(18,19)39-46(8,9)10)23-25-36-30-32(27-33,28-34)29-35-24-22-26-51(20,41-48(14,15)37-44(2,3)4)42-49(16,17)38-45(5,6)7/h31,33-34H,22-30H2,1-21H3. The average Bonchev–Trinajstić information content (AvgIpc) is 2.82. The normalized spacial score (nSPS) is 16.7. The summed E-state index contributed by atoms with van der Waals surface area (Å²) < 4.78 is 59.4. The summed E-state index contributed by atoms with van der Waals surface area (Å²) in [6.45, 7) is 46.3. The van der Waals surface area contributed by atoms with Crippen LogP contribution in [0.1, 0.15) is 19.8 Å². The largest absolute Gasteiger partial charge is 0.437 e. The van der Waals surface area contributed by atoms with E-state index in [-0.39, 0.29) is 32.0 Å². The van der Waals surface area contributed by atoms with Gasteiger partial charge in [0.2, 0.25) is 0 Å². The van der Waals surface area contributed by atoms with E-state index >= 15 is 0 Å². The van der Waals surface area contributed by atoms with Gasteiger partial charge in [0.15, 0.2) is 33.3 Å². The first kappa shape index (κ1) is 53.5. The van der Waals surface area contributed by atoms with Crippen molar-refractivity contribution >= 4 is 76.1 Å². The second kappa shape index (κ2) is 20.5. The Kier molecular flexibility index (Phi) is 21.1. The van der Waals surface area contributed by atoms with Gasteiger partial charge in [0.1, 0.15) is 0 Å². The summed E-state index contributed by atoms with van der Waals surface area (Å²) in [5.41, 5.74) is -0.759. The third-order valence-corrected chi connectivity index (χ3v) is 39.2. The van der Waals surface area contributed by atoms with E-state index in [9.17, 15) is 10.2 Å². The summed E-state index contributed by atoms with van der Waals surface area (Å²) in [4.78, 5) is 0. The first-order chi connectivity index (χ1) is 22.9. The minimum Gasteiger partial charge on any atom is -0.437 e. The minimum atomic E-state index is -2.73.